The van der Waals surface area contributed by atoms with Crippen LogP contribution in [0.4, 0.5) is 5.69 Å². The quantitative estimate of drug-likeness (QED) is 0.624. The molecule has 0 saturated heterocycles. The monoisotopic (exact) mass is 476 g/mol. The fourth-order valence-electron chi connectivity index (χ4n) is 1.96. The van der Waals surface area contributed by atoms with E-state index in [9.17, 15) is 8.42 Å². The fraction of sp³-hybridized carbons (Fsp3) is 0.200. The molecule has 0 atom stereocenters. The summed E-state index contributed by atoms with van der Waals surface area (Å²) in [4.78, 5) is 0.355. The zero-order valence-corrected chi connectivity index (χ0v) is 17.8. The number of para-hydroxylation sites is 1. The predicted molar refractivity (Wildman–Crippen MR) is 77.0 cm³/mol. The van der Waals surface area contributed by atoms with Gasteiger partial charge in [0.05, 0.1) is 0 Å². The predicted octanol–water partition coefficient (Wildman–Crippen LogP) is 3.16. The molecule has 0 unspecified atom stereocenters. The first-order chi connectivity index (χ1) is 9.55. The number of rotatable bonds is 5. The maximum atomic E-state index is 12.8. The molecular formula is C15H16HgNO2S. The van der Waals surface area contributed by atoms with Gasteiger partial charge in [-0.3, -0.25) is 0 Å². The van der Waals surface area contributed by atoms with Gasteiger partial charge in [0.2, 0.25) is 0 Å². The molecule has 20 heavy (non-hydrogen) atoms. The molecule has 0 bridgehead atoms. The summed E-state index contributed by atoms with van der Waals surface area (Å²) in [6.45, 7) is 2.51. The van der Waals surface area contributed by atoms with Gasteiger partial charge < -0.3 is 0 Å². The topological polar surface area (TPSA) is 37.4 Å². The molecular weight excluding hydrogens is 459 g/mol. The van der Waals surface area contributed by atoms with Crippen LogP contribution in [0.15, 0.2) is 59.5 Å². The first-order valence-corrected chi connectivity index (χ1v) is 11.8. The van der Waals surface area contributed by atoms with E-state index < -0.39 is 10.0 Å². The Labute approximate surface area is 136 Å². The standard InChI is InChI=1S/C15H16NO2S.Hg/c1-3-16(14-7-5-4-6-8-14)19(17,18)15-11-9-13(2)10-12-15;/h4-12H,1,3H2,2H3;. The normalized spacial score (nSPS) is 11.3. The van der Waals surface area contributed by atoms with Crippen molar-refractivity contribution in [3.63, 3.8) is 0 Å². The Morgan fingerprint density at radius 3 is 2.15 bits per heavy atom. The van der Waals surface area contributed by atoms with Crippen molar-refractivity contribution in [1.29, 1.82) is 0 Å². The Hall–Kier alpha value is -0.875. The number of nitrogens with zero attached hydrogens (tertiary/aromatic N) is 1. The number of hydrogen-bond donors (Lipinski definition) is 0. The second-order valence-electron chi connectivity index (χ2n) is 4.58. The fourth-order valence-corrected chi connectivity index (χ4v) is 5.59. The number of sulfonamides is 1. The van der Waals surface area contributed by atoms with Crippen LogP contribution in [-0.2, 0) is 36.1 Å². The van der Waals surface area contributed by atoms with E-state index in [1.54, 1.807) is 12.1 Å². The summed E-state index contributed by atoms with van der Waals surface area (Å²) in [5, 5.41) is 0. The third-order valence-electron chi connectivity index (χ3n) is 3.01. The van der Waals surface area contributed by atoms with E-state index in [2.05, 4.69) is 0 Å². The average molecular weight is 475 g/mol. The van der Waals surface area contributed by atoms with E-state index in [1.807, 2.05) is 49.4 Å². The molecule has 0 aliphatic carbocycles. The second-order valence-corrected chi connectivity index (χ2v) is 9.19. The molecule has 0 heterocycles. The summed E-state index contributed by atoms with van der Waals surface area (Å²) < 4.78 is 28.0. The van der Waals surface area contributed by atoms with Crippen molar-refractivity contribution in [3.05, 3.63) is 60.2 Å². The van der Waals surface area contributed by atoms with Gasteiger partial charge in [-0.15, -0.1) is 0 Å². The Kier molecular flexibility index (Phi) is 5.21. The van der Waals surface area contributed by atoms with Gasteiger partial charge in [0.25, 0.3) is 0 Å². The third-order valence-corrected chi connectivity index (χ3v) is 6.09. The van der Waals surface area contributed by atoms with Gasteiger partial charge in [0.15, 0.2) is 0 Å². The summed E-state index contributed by atoms with van der Waals surface area (Å²) in [7, 11) is -3.47. The van der Waals surface area contributed by atoms with Gasteiger partial charge in [-0.05, 0) is 0 Å². The van der Waals surface area contributed by atoms with Crippen LogP contribution in [0.5, 0.6) is 0 Å². The summed E-state index contributed by atoms with van der Waals surface area (Å²) in [6, 6.07) is 16.3. The number of aryl methyl sites for hydroxylation is 1. The third kappa shape index (κ3) is 3.41. The number of hydrogen-bond acceptors (Lipinski definition) is 2. The molecule has 0 aliphatic heterocycles. The van der Waals surface area contributed by atoms with Gasteiger partial charge in [-0.25, -0.2) is 0 Å². The van der Waals surface area contributed by atoms with Crippen LogP contribution in [0.1, 0.15) is 5.56 Å². The summed E-state index contributed by atoms with van der Waals surface area (Å²) in [5.41, 5.74) is 1.79. The molecule has 5 heteroatoms. The van der Waals surface area contributed by atoms with Crippen LogP contribution in [0.2, 0.25) is 3.93 Å². The molecule has 2 aromatic rings. The Morgan fingerprint density at radius 1 is 1.00 bits per heavy atom. The van der Waals surface area contributed by atoms with Gasteiger partial charge >= 0.3 is 137 Å². The molecule has 0 amide bonds. The molecule has 0 saturated carbocycles. The average Bonchev–Trinajstić information content (AvgIpc) is 2.46. The molecule has 2 rings (SSSR count). The first kappa shape index (κ1) is 15.5. The summed E-state index contributed by atoms with van der Waals surface area (Å²) >= 11 is 0.578. The molecule has 0 spiro atoms. The molecule has 0 aliphatic rings. The van der Waals surface area contributed by atoms with Crippen LogP contribution < -0.4 is 4.31 Å². The Bertz CT molecular complexity index is 654. The van der Waals surface area contributed by atoms with Gasteiger partial charge in [0, 0.05) is 0 Å². The SMILES string of the molecule is Cc1ccc(S(=O)(=O)N(C[CH2][Hg])c2ccccc2)cc1. The van der Waals surface area contributed by atoms with Crippen molar-refractivity contribution >= 4 is 15.7 Å². The molecule has 0 fully saturated rings. The van der Waals surface area contributed by atoms with Crippen molar-refractivity contribution in [3.8, 4) is 0 Å². The molecule has 0 N–H and O–H groups in total. The van der Waals surface area contributed by atoms with E-state index >= 15 is 0 Å². The van der Waals surface area contributed by atoms with E-state index in [1.165, 1.54) is 4.31 Å². The van der Waals surface area contributed by atoms with Crippen LogP contribution >= 0.6 is 0 Å². The Balaban J connectivity index is 2.45. The molecule has 0 radical (unpaired) electrons. The minimum atomic E-state index is -3.47. The van der Waals surface area contributed by atoms with Crippen molar-refractivity contribution in [2.75, 3.05) is 10.8 Å². The number of anilines is 1. The summed E-state index contributed by atoms with van der Waals surface area (Å²) in [6.07, 6.45) is 0. The van der Waals surface area contributed by atoms with E-state index in [0.717, 1.165) is 15.2 Å². The van der Waals surface area contributed by atoms with Crippen molar-refractivity contribution in [1.82, 2.24) is 0 Å². The van der Waals surface area contributed by atoms with E-state index in [0.29, 0.717) is 37.6 Å². The van der Waals surface area contributed by atoms with Crippen molar-refractivity contribution in [2.45, 2.75) is 15.7 Å². The van der Waals surface area contributed by atoms with Crippen molar-refractivity contribution in [2.24, 2.45) is 0 Å². The Morgan fingerprint density at radius 2 is 1.60 bits per heavy atom. The van der Waals surface area contributed by atoms with Crippen LogP contribution in [0, 0.1) is 6.92 Å². The van der Waals surface area contributed by atoms with Crippen molar-refractivity contribution < 1.29 is 34.5 Å². The van der Waals surface area contributed by atoms with Crippen LogP contribution in [-0.4, -0.2) is 15.0 Å². The van der Waals surface area contributed by atoms with Gasteiger partial charge in [-0.1, -0.05) is 0 Å². The minimum absolute atomic E-state index is 0.355. The van der Waals surface area contributed by atoms with Gasteiger partial charge in [-0.2, -0.15) is 0 Å². The maximum absolute atomic E-state index is 12.8. The van der Waals surface area contributed by atoms with Gasteiger partial charge in [0.1, 0.15) is 0 Å². The molecule has 0 aromatic heterocycles. The molecule has 2 aromatic carbocycles. The van der Waals surface area contributed by atoms with E-state index in [4.69, 9.17) is 0 Å². The molecule has 3 nitrogen and oxygen atoms in total. The second kappa shape index (κ2) is 6.72. The first-order valence-electron chi connectivity index (χ1n) is 6.49. The zero-order chi connectivity index (χ0) is 14.6. The van der Waals surface area contributed by atoms with Crippen LogP contribution in [0.3, 0.4) is 0 Å². The van der Waals surface area contributed by atoms with E-state index in [-0.39, 0.29) is 0 Å². The zero-order valence-electron chi connectivity index (χ0n) is 11.5. The summed E-state index contributed by atoms with van der Waals surface area (Å²) in [5.74, 6) is 0. The number of benzene rings is 2. The molecule has 101 valence electrons. The van der Waals surface area contributed by atoms with Crippen LogP contribution in [0.25, 0.3) is 0 Å².